The zero-order valence-corrected chi connectivity index (χ0v) is 8.02. The number of ether oxygens (including phenoxy) is 3. The summed E-state index contributed by atoms with van der Waals surface area (Å²) in [6, 6.07) is 0. The summed E-state index contributed by atoms with van der Waals surface area (Å²) in [6.45, 7) is -0.374. The number of aliphatic hydroxyl groups excluding tert-OH is 1. The second-order valence-corrected chi connectivity index (χ2v) is 2.35. The highest BCUT2D eigenvalue weighted by molar-refractivity contribution is 5.71. The van der Waals surface area contributed by atoms with E-state index in [4.69, 9.17) is 5.11 Å². The lowest BCUT2D eigenvalue weighted by atomic mass is 10.5. The molecule has 0 spiro atoms. The molecule has 0 bridgehead atoms. The first-order valence-electron chi connectivity index (χ1n) is 4.11. The highest BCUT2D eigenvalue weighted by Crippen LogP contribution is 1.86. The molecule has 0 aliphatic heterocycles. The SMILES string of the molecule is COCC(=O)OCCOC(=O)CCO. The Kier molecular flexibility index (Phi) is 7.77. The minimum absolute atomic E-state index is 0.000633. The molecule has 6 nitrogen and oxygen atoms in total. The predicted molar refractivity (Wildman–Crippen MR) is 45.5 cm³/mol. The van der Waals surface area contributed by atoms with Crippen molar-refractivity contribution in [1.29, 1.82) is 0 Å². The number of aliphatic hydroxyl groups is 1. The van der Waals surface area contributed by atoms with Gasteiger partial charge in [0.15, 0.2) is 0 Å². The molecule has 0 aromatic rings. The van der Waals surface area contributed by atoms with Crippen LogP contribution in [-0.2, 0) is 23.8 Å². The van der Waals surface area contributed by atoms with E-state index in [-0.39, 0.29) is 32.8 Å². The Morgan fingerprint density at radius 1 is 1.14 bits per heavy atom. The maximum absolute atomic E-state index is 10.7. The van der Waals surface area contributed by atoms with E-state index in [1.165, 1.54) is 7.11 Å². The van der Waals surface area contributed by atoms with Crippen LogP contribution in [0.3, 0.4) is 0 Å². The van der Waals surface area contributed by atoms with Crippen LogP contribution in [0.1, 0.15) is 6.42 Å². The van der Waals surface area contributed by atoms with Gasteiger partial charge in [-0.3, -0.25) is 4.79 Å². The molecule has 0 aliphatic carbocycles. The molecule has 82 valence electrons. The molecule has 0 rings (SSSR count). The van der Waals surface area contributed by atoms with Gasteiger partial charge in [0.1, 0.15) is 19.8 Å². The van der Waals surface area contributed by atoms with E-state index in [1.807, 2.05) is 0 Å². The molecule has 0 amide bonds. The first-order valence-corrected chi connectivity index (χ1v) is 4.11. The summed E-state index contributed by atoms with van der Waals surface area (Å²) in [5.41, 5.74) is 0. The van der Waals surface area contributed by atoms with E-state index < -0.39 is 11.9 Å². The Hall–Kier alpha value is -1.14. The zero-order valence-electron chi connectivity index (χ0n) is 8.02. The van der Waals surface area contributed by atoms with Gasteiger partial charge in [0.05, 0.1) is 13.0 Å². The van der Waals surface area contributed by atoms with Gasteiger partial charge in [-0.1, -0.05) is 0 Å². The quantitative estimate of drug-likeness (QED) is 0.429. The summed E-state index contributed by atoms with van der Waals surface area (Å²) < 4.78 is 13.7. The monoisotopic (exact) mass is 206 g/mol. The molecule has 1 N–H and O–H groups in total. The minimum Gasteiger partial charge on any atom is -0.462 e. The average Bonchev–Trinajstić information content (AvgIpc) is 2.13. The highest BCUT2D eigenvalue weighted by atomic mass is 16.6. The van der Waals surface area contributed by atoms with Gasteiger partial charge in [-0.15, -0.1) is 0 Å². The third kappa shape index (κ3) is 7.51. The largest absolute Gasteiger partial charge is 0.462 e. The van der Waals surface area contributed by atoms with E-state index in [1.54, 1.807) is 0 Å². The van der Waals surface area contributed by atoms with Gasteiger partial charge in [-0.05, 0) is 0 Å². The number of esters is 2. The first-order chi connectivity index (χ1) is 6.70. The third-order valence-electron chi connectivity index (χ3n) is 1.19. The van der Waals surface area contributed by atoms with E-state index in [9.17, 15) is 9.59 Å². The second-order valence-electron chi connectivity index (χ2n) is 2.35. The van der Waals surface area contributed by atoms with Crippen LogP contribution in [0.15, 0.2) is 0 Å². The second kappa shape index (κ2) is 8.46. The van der Waals surface area contributed by atoms with Crippen molar-refractivity contribution in [3.63, 3.8) is 0 Å². The van der Waals surface area contributed by atoms with Crippen molar-refractivity contribution in [2.24, 2.45) is 0 Å². The number of hydrogen-bond acceptors (Lipinski definition) is 6. The lowest BCUT2D eigenvalue weighted by Crippen LogP contribution is -2.17. The van der Waals surface area contributed by atoms with Crippen LogP contribution >= 0.6 is 0 Å². The number of carbonyl (C=O) groups is 2. The zero-order chi connectivity index (χ0) is 10.8. The smallest absolute Gasteiger partial charge is 0.332 e. The van der Waals surface area contributed by atoms with Crippen LogP contribution < -0.4 is 0 Å². The fourth-order valence-corrected chi connectivity index (χ4v) is 0.634. The van der Waals surface area contributed by atoms with Crippen molar-refractivity contribution in [3.8, 4) is 0 Å². The molecule has 0 atom stereocenters. The molecular weight excluding hydrogens is 192 g/mol. The summed E-state index contributed by atoms with van der Waals surface area (Å²) in [7, 11) is 1.38. The normalized spacial score (nSPS) is 9.57. The lowest BCUT2D eigenvalue weighted by molar-refractivity contribution is -0.155. The molecule has 14 heavy (non-hydrogen) atoms. The van der Waals surface area contributed by atoms with Crippen molar-refractivity contribution in [3.05, 3.63) is 0 Å². The molecule has 0 heterocycles. The highest BCUT2D eigenvalue weighted by Gasteiger charge is 2.03. The van der Waals surface area contributed by atoms with Crippen LogP contribution in [0.4, 0.5) is 0 Å². The molecule has 0 fully saturated rings. The van der Waals surface area contributed by atoms with Gasteiger partial charge in [0.25, 0.3) is 0 Å². The van der Waals surface area contributed by atoms with E-state index in [0.29, 0.717) is 0 Å². The number of carbonyl (C=O) groups excluding carboxylic acids is 2. The fourth-order valence-electron chi connectivity index (χ4n) is 0.634. The molecular formula is C8H14O6. The van der Waals surface area contributed by atoms with Crippen molar-refractivity contribution >= 4 is 11.9 Å². The van der Waals surface area contributed by atoms with Gasteiger partial charge in [0.2, 0.25) is 0 Å². The molecule has 6 heteroatoms. The van der Waals surface area contributed by atoms with E-state index in [2.05, 4.69) is 14.2 Å². The summed E-state index contributed by atoms with van der Waals surface area (Å²) in [5.74, 6) is -1.03. The summed E-state index contributed by atoms with van der Waals surface area (Å²) in [6.07, 6.45) is -0.0496. The molecule has 0 unspecified atom stereocenters. The Bertz CT molecular complexity index is 159. The standard InChI is InChI=1S/C8H14O6/c1-12-6-8(11)14-5-4-13-7(10)2-3-9/h9H,2-6H2,1H3. The topological polar surface area (TPSA) is 82.1 Å². The molecule has 0 radical (unpaired) electrons. The van der Waals surface area contributed by atoms with Crippen molar-refractivity contribution in [1.82, 2.24) is 0 Å². The Morgan fingerprint density at radius 2 is 1.71 bits per heavy atom. The number of methoxy groups -OCH3 is 1. The van der Waals surface area contributed by atoms with Crippen LogP contribution in [0.5, 0.6) is 0 Å². The first kappa shape index (κ1) is 12.9. The van der Waals surface area contributed by atoms with Crippen molar-refractivity contribution in [2.75, 3.05) is 33.5 Å². The summed E-state index contributed by atoms with van der Waals surface area (Å²) in [5, 5.41) is 8.35. The Balaban J connectivity index is 3.28. The minimum atomic E-state index is -0.518. The lowest BCUT2D eigenvalue weighted by Gasteiger charge is -2.04. The number of hydrogen-bond donors (Lipinski definition) is 1. The van der Waals surface area contributed by atoms with E-state index in [0.717, 1.165) is 0 Å². The number of rotatable bonds is 7. The molecule has 0 aliphatic rings. The van der Waals surface area contributed by atoms with Gasteiger partial charge < -0.3 is 19.3 Å². The molecule has 0 saturated heterocycles. The van der Waals surface area contributed by atoms with Crippen molar-refractivity contribution in [2.45, 2.75) is 6.42 Å². The molecule has 0 aromatic carbocycles. The average molecular weight is 206 g/mol. The van der Waals surface area contributed by atoms with Crippen LogP contribution in [-0.4, -0.2) is 50.6 Å². The van der Waals surface area contributed by atoms with Crippen LogP contribution in [0.2, 0.25) is 0 Å². The molecule has 0 aromatic heterocycles. The van der Waals surface area contributed by atoms with Gasteiger partial charge in [-0.2, -0.15) is 0 Å². The predicted octanol–water partition coefficient (Wildman–Crippen LogP) is -0.898. The van der Waals surface area contributed by atoms with Gasteiger partial charge >= 0.3 is 11.9 Å². The van der Waals surface area contributed by atoms with E-state index >= 15 is 0 Å². The van der Waals surface area contributed by atoms with Crippen LogP contribution in [0, 0.1) is 0 Å². The fraction of sp³-hybridized carbons (Fsp3) is 0.750. The Morgan fingerprint density at radius 3 is 2.21 bits per heavy atom. The van der Waals surface area contributed by atoms with Gasteiger partial charge in [0, 0.05) is 7.11 Å². The van der Waals surface area contributed by atoms with Gasteiger partial charge in [-0.25, -0.2) is 4.79 Å². The van der Waals surface area contributed by atoms with Crippen LogP contribution in [0.25, 0.3) is 0 Å². The van der Waals surface area contributed by atoms with Crippen molar-refractivity contribution < 1.29 is 28.9 Å². The summed E-state index contributed by atoms with van der Waals surface area (Å²) >= 11 is 0. The molecule has 0 saturated carbocycles. The Labute approximate surface area is 81.8 Å². The maximum Gasteiger partial charge on any atom is 0.332 e. The summed E-state index contributed by atoms with van der Waals surface area (Å²) in [4.78, 5) is 21.4. The maximum atomic E-state index is 10.7. The third-order valence-corrected chi connectivity index (χ3v) is 1.19.